The van der Waals surface area contributed by atoms with Gasteiger partial charge >= 0.3 is 6.18 Å². The van der Waals surface area contributed by atoms with Gasteiger partial charge in [-0.3, -0.25) is 14.4 Å². The van der Waals surface area contributed by atoms with E-state index < -0.39 is 23.2 Å². The fourth-order valence-corrected chi connectivity index (χ4v) is 8.46. The number of rotatable bonds is 7. The third-order valence-corrected chi connectivity index (χ3v) is 11.3. The molecule has 17 heteroatoms. The lowest BCUT2D eigenvalue weighted by Gasteiger charge is -2.32. The Morgan fingerprint density at radius 2 is 1.98 bits per heavy atom. The molecule has 6 atom stereocenters. The molecule has 52 heavy (non-hydrogen) atoms. The number of fused-ring (bicyclic) bond motifs is 2. The number of piperidine rings is 1. The molecule has 2 N–H and O–H groups in total. The molecule has 0 spiro atoms. The second-order valence-corrected chi connectivity index (χ2v) is 14.4. The van der Waals surface area contributed by atoms with Crippen LogP contribution in [0.3, 0.4) is 0 Å². The quantitative estimate of drug-likeness (QED) is 0.274. The molecule has 3 fully saturated rings. The molecule has 8 rings (SSSR count). The largest absolute Gasteiger partial charge is 0.504 e. The maximum Gasteiger partial charge on any atom is 0.416 e. The number of hydrogen-bond donors (Lipinski definition) is 2. The second kappa shape index (κ2) is 12.7. The van der Waals surface area contributed by atoms with Gasteiger partial charge in [-0.1, -0.05) is 24.6 Å². The van der Waals surface area contributed by atoms with Crippen LogP contribution < -0.4 is 10.9 Å². The normalized spacial score (nSPS) is 25.4. The van der Waals surface area contributed by atoms with Crippen LogP contribution in [0.15, 0.2) is 41.5 Å². The van der Waals surface area contributed by atoms with E-state index in [0.717, 1.165) is 30.2 Å². The van der Waals surface area contributed by atoms with Crippen molar-refractivity contribution in [2.24, 2.45) is 23.7 Å². The topological polar surface area (TPSA) is 157 Å². The third-order valence-electron chi connectivity index (χ3n) is 11.0. The first-order chi connectivity index (χ1) is 24.8. The Kier molecular flexibility index (Phi) is 8.36. The zero-order valence-corrected chi connectivity index (χ0v) is 28.9. The van der Waals surface area contributed by atoms with E-state index in [1.54, 1.807) is 16.4 Å². The van der Waals surface area contributed by atoms with Crippen LogP contribution in [0.25, 0.3) is 11.4 Å². The van der Waals surface area contributed by atoms with Gasteiger partial charge in [-0.05, 0) is 73.6 Å². The Balaban J connectivity index is 1.09. The molecular formula is C35H34ClF3N8O5. The molecule has 4 aliphatic rings. The summed E-state index contributed by atoms with van der Waals surface area (Å²) < 4.78 is 48.0. The molecule has 2 aliphatic heterocycles. The van der Waals surface area contributed by atoms with E-state index in [4.69, 9.17) is 21.3 Å². The highest BCUT2D eigenvalue weighted by Crippen LogP contribution is 2.64. The van der Waals surface area contributed by atoms with E-state index in [2.05, 4.69) is 27.3 Å². The number of amides is 2. The smallest absolute Gasteiger partial charge is 0.416 e. The lowest BCUT2D eigenvalue weighted by Crippen LogP contribution is -2.41. The van der Waals surface area contributed by atoms with Crippen LogP contribution in [0.5, 0.6) is 5.75 Å². The number of aromatic nitrogens is 6. The van der Waals surface area contributed by atoms with Gasteiger partial charge in [0.05, 0.1) is 35.2 Å². The molecule has 4 aromatic rings. The van der Waals surface area contributed by atoms with E-state index in [0.29, 0.717) is 49.8 Å². The number of nitrogens with one attached hydrogen (secondary N) is 1. The summed E-state index contributed by atoms with van der Waals surface area (Å²) in [6.45, 7) is 4.74. The zero-order valence-electron chi connectivity index (χ0n) is 28.1. The summed E-state index contributed by atoms with van der Waals surface area (Å²) in [5.74, 6) is 0.0631. The Morgan fingerprint density at radius 1 is 1.17 bits per heavy atom. The molecule has 1 saturated heterocycles. The Bertz CT molecular complexity index is 2220. The molecule has 2 saturated carbocycles. The van der Waals surface area contributed by atoms with Crippen LogP contribution in [0.1, 0.15) is 65.4 Å². The maximum atomic E-state index is 13.6. The van der Waals surface area contributed by atoms with Crippen molar-refractivity contribution >= 4 is 40.5 Å². The van der Waals surface area contributed by atoms with Crippen molar-refractivity contribution in [3.8, 4) is 5.75 Å². The van der Waals surface area contributed by atoms with Gasteiger partial charge in [-0.25, -0.2) is 9.97 Å². The summed E-state index contributed by atoms with van der Waals surface area (Å²) in [6, 6.07) is 4.20. The molecule has 272 valence electrons. The lowest BCUT2D eigenvalue weighted by atomic mass is 9.88. The molecular weight excluding hydrogens is 705 g/mol. The Labute approximate surface area is 299 Å². The minimum Gasteiger partial charge on any atom is -0.504 e. The van der Waals surface area contributed by atoms with Gasteiger partial charge in [-0.15, -0.1) is 5.10 Å². The highest BCUT2D eigenvalue weighted by molar-refractivity contribution is 6.33. The molecule has 0 radical (unpaired) electrons. The first-order valence-electron chi connectivity index (χ1n) is 17.1. The second-order valence-electron chi connectivity index (χ2n) is 14.0. The molecule has 2 amide bonds. The summed E-state index contributed by atoms with van der Waals surface area (Å²) in [4.78, 5) is 55.1. The highest BCUT2D eigenvalue weighted by Gasteiger charge is 2.62. The molecule has 0 bridgehead atoms. The van der Waals surface area contributed by atoms with Gasteiger partial charge in [-0.2, -0.15) is 22.7 Å². The van der Waals surface area contributed by atoms with E-state index in [9.17, 15) is 32.7 Å². The van der Waals surface area contributed by atoms with Crippen molar-refractivity contribution in [1.82, 2.24) is 34.0 Å². The fraction of sp³-hybridized carbons (Fsp3) is 0.457. The van der Waals surface area contributed by atoms with Crippen LogP contribution in [-0.2, 0) is 22.3 Å². The first-order valence-corrected chi connectivity index (χ1v) is 17.5. The minimum absolute atomic E-state index is 0.00473. The van der Waals surface area contributed by atoms with Gasteiger partial charge in [0.25, 0.3) is 11.5 Å². The van der Waals surface area contributed by atoms with E-state index in [1.165, 1.54) is 16.9 Å². The number of anilines is 1. The van der Waals surface area contributed by atoms with Gasteiger partial charge in [0, 0.05) is 30.3 Å². The van der Waals surface area contributed by atoms with E-state index in [1.807, 2.05) is 6.08 Å². The van der Waals surface area contributed by atoms with Crippen LogP contribution in [0.2, 0.25) is 5.02 Å². The van der Waals surface area contributed by atoms with Crippen molar-refractivity contribution in [2.75, 3.05) is 25.1 Å². The van der Waals surface area contributed by atoms with Crippen molar-refractivity contribution in [3.05, 3.63) is 80.5 Å². The summed E-state index contributed by atoms with van der Waals surface area (Å²) in [7, 11) is 0. The van der Waals surface area contributed by atoms with Crippen LogP contribution in [0.4, 0.5) is 18.9 Å². The SMILES string of the molecule is Cc1ncnc(C(=O)N2CCC(C3C(C)C3c3cc(=O)n4nc(C5=CCOCC5)nc4n3CC(=O)Nc3ccc(C(F)(F)F)cc3Cl)[C@@H]3C[C@@H]32)c1O. The van der Waals surface area contributed by atoms with Gasteiger partial charge in [0.2, 0.25) is 11.7 Å². The number of likely N-dealkylation sites (tertiary alicyclic amines) is 1. The summed E-state index contributed by atoms with van der Waals surface area (Å²) in [5.41, 5.74) is 0.416. The van der Waals surface area contributed by atoms with Gasteiger partial charge in [0.1, 0.15) is 12.9 Å². The van der Waals surface area contributed by atoms with Crippen molar-refractivity contribution in [1.29, 1.82) is 0 Å². The third kappa shape index (κ3) is 6.00. The van der Waals surface area contributed by atoms with E-state index >= 15 is 0 Å². The standard InChI is InChI=1S/C35H34ClF3N8O5/c1-16-28(20-5-8-45(24-12-21(20)24)33(51)30-31(50)17(2)40-15-41-30)29(16)25-13-27(49)47-34(43-32(44-47)18-6-9-52-10-7-18)46(25)14-26(48)42-23-4-3-19(11-22(23)36)35(37,38)39/h3-4,6,11,13,15-16,20-21,24,28-29,50H,5,7-10,12,14H2,1-2H3,(H,42,48)/t16?,20?,21-,24-,28?,29?/m0/s1. The number of aromatic hydroxyl groups is 1. The van der Waals surface area contributed by atoms with Crippen molar-refractivity contribution in [3.63, 3.8) is 0 Å². The number of aryl methyl sites for hydroxylation is 1. The van der Waals surface area contributed by atoms with Crippen LogP contribution >= 0.6 is 11.6 Å². The summed E-state index contributed by atoms with van der Waals surface area (Å²) in [5, 5.41) is 17.3. The zero-order chi connectivity index (χ0) is 36.6. The molecule has 2 aliphatic carbocycles. The number of nitrogens with zero attached hydrogens (tertiary/aromatic N) is 7. The number of hydrogen-bond acceptors (Lipinski definition) is 9. The molecule has 4 unspecified atom stereocenters. The Hall–Kier alpha value is -4.83. The lowest BCUT2D eigenvalue weighted by molar-refractivity contribution is -0.137. The Morgan fingerprint density at radius 3 is 2.71 bits per heavy atom. The number of carbonyl (C=O) groups excluding carboxylic acids is 2. The fourth-order valence-electron chi connectivity index (χ4n) is 8.23. The van der Waals surface area contributed by atoms with Crippen molar-refractivity contribution in [2.45, 2.75) is 57.8 Å². The molecule has 1 aromatic carbocycles. The monoisotopic (exact) mass is 738 g/mol. The number of carbonyl (C=O) groups is 2. The number of halogens is 4. The van der Waals surface area contributed by atoms with Crippen LogP contribution in [-0.4, -0.2) is 76.8 Å². The number of ether oxygens (including phenoxy) is 1. The number of benzene rings is 1. The van der Waals surface area contributed by atoms with Gasteiger partial charge < -0.3 is 24.6 Å². The molecule has 5 heterocycles. The minimum atomic E-state index is -4.60. The molecule has 3 aromatic heterocycles. The summed E-state index contributed by atoms with van der Waals surface area (Å²) >= 11 is 6.15. The average Bonchev–Trinajstić information content (AvgIpc) is 3.99. The molecule has 13 nitrogen and oxygen atoms in total. The predicted molar refractivity (Wildman–Crippen MR) is 181 cm³/mol. The highest BCUT2D eigenvalue weighted by atomic mass is 35.5. The first kappa shape index (κ1) is 34.3. The van der Waals surface area contributed by atoms with Crippen LogP contribution in [0, 0.1) is 30.6 Å². The van der Waals surface area contributed by atoms with Gasteiger partial charge in [0.15, 0.2) is 17.3 Å². The van der Waals surface area contributed by atoms with Crippen molar-refractivity contribution < 1.29 is 32.6 Å². The maximum absolute atomic E-state index is 13.6. The number of alkyl halides is 3. The average molecular weight is 739 g/mol. The summed E-state index contributed by atoms with van der Waals surface area (Å²) in [6.07, 6.45) is 0.593. The predicted octanol–water partition coefficient (Wildman–Crippen LogP) is 4.71. The van der Waals surface area contributed by atoms with E-state index in [-0.39, 0.29) is 76.0 Å².